The molecule has 0 aliphatic rings. The number of rotatable bonds is 13. The van der Waals surface area contributed by atoms with E-state index in [-0.39, 0.29) is 36.6 Å². The predicted octanol–water partition coefficient (Wildman–Crippen LogP) is 6.40. The van der Waals surface area contributed by atoms with E-state index >= 15 is 0 Å². The molecular weight excluding hydrogens is 400 g/mol. The van der Waals surface area contributed by atoms with Crippen molar-refractivity contribution in [3.8, 4) is 23.7 Å². The molecule has 0 aromatic heterocycles. The Morgan fingerprint density at radius 2 is 1.09 bits per heavy atom. The maximum atomic E-state index is 12.3. The SMILES string of the molecule is C=C(C)C#CC(OC(=O)CCCCC(=O)OC(C#CC(=C)C)C(C)CCC)C(C)CCC. The van der Waals surface area contributed by atoms with Crippen LogP contribution in [-0.2, 0) is 19.1 Å². The summed E-state index contributed by atoms with van der Waals surface area (Å²) < 4.78 is 11.2. The van der Waals surface area contributed by atoms with E-state index in [9.17, 15) is 9.59 Å². The Morgan fingerprint density at radius 1 is 0.750 bits per heavy atom. The molecule has 4 heteroatoms. The van der Waals surface area contributed by atoms with Gasteiger partial charge in [-0.25, -0.2) is 0 Å². The molecule has 0 N–H and O–H groups in total. The Bertz CT molecular complexity index is 677. The molecule has 4 atom stereocenters. The smallest absolute Gasteiger partial charge is 0.307 e. The van der Waals surface area contributed by atoms with Gasteiger partial charge in [-0.1, -0.05) is 77.4 Å². The van der Waals surface area contributed by atoms with Crippen molar-refractivity contribution in [1.29, 1.82) is 0 Å². The number of hydrogen-bond donors (Lipinski definition) is 0. The van der Waals surface area contributed by atoms with Crippen molar-refractivity contribution >= 4 is 11.9 Å². The lowest BCUT2D eigenvalue weighted by molar-refractivity contribution is -0.150. The number of carbonyl (C=O) groups is 2. The number of unbranched alkanes of at least 4 members (excludes halogenated alkanes) is 1. The van der Waals surface area contributed by atoms with Gasteiger partial charge in [0.05, 0.1) is 0 Å². The molecule has 0 aliphatic carbocycles. The standard InChI is InChI=1S/C28H42O4/c1-9-13-23(7)25(19-17-21(3)4)31-27(29)15-11-12-16-28(30)32-26(20-18-22(5)6)24(8)14-10-2/h23-26H,3,5,9-16H2,1-2,4,6-8H3. The minimum atomic E-state index is -0.434. The number of esters is 2. The third-order valence-corrected chi connectivity index (χ3v) is 4.91. The van der Waals surface area contributed by atoms with Gasteiger partial charge in [-0.15, -0.1) is 0 Å². The molecule has 0 saturated carbocycles. The number of carbonyl (C=O) groups excluding carboxylic acids is 2. The van der Waals surface area contributed by atoms with Crippen molar-refractivity contribution in [2.75, 3.05) is 0 Å². The molecule has 0 amide bonds. The summed E-state index contributed by atoms with van der Waals surface area (Å²) >= 11 is 0. The zero-order valence-electron chi connectivity index (χ0n) is 21.0. The number of ether oxygens (including phenoxy) is 2. The van der Waals surface area contributed by atoms with E-state index in [0.29, 0.717) is 12.8 Å². The van der Waals surface area contributed by atoms with Crippen molar-refractivity contribution in [3.05, 3.63) is 24.3 Å². The maximum absolute atomic E-state index is 12.3. The summed E-state index contributed by atoms with van der Waals surface area (Å²) in [4.78, 5) is 24.6. The van der Waals surface area contributed by atoms with Gasteiger partial charge >= 0.3 is 11.9 Å². The van der Waals surface area contributed by atoms with Crippen LogP contribution in [0.2, 0.25) is 0 Å². The Labute approximate surface area is 196 Å². The van der Waals surface area contributed by atoms with Crippen LogP contribution in [0.15, 0.2) is 24.3 Å². The Kier molecular flexibility index (Phi) is 15.8. The first kappa shape index (κ1) is 29.5. The lowest BCUT2D eigenvalue weighted by Crippen LogP contribution is -2.24. The first-order chi connectivity index (χ1) is 15.1. The molecule has 0 heterocycles. The van der Waals surface area contributed by atoms with Gasteiger partial charge in [-0.3, -0.25) is 9.59 Å². The molecule has 0 bridgehead atoms. The van der Waals surface area contributed by atoms with Gasteiger partial charge in [0.2, 0.25) is 0 Å². The van der Waals surface area contributed by atoms with Crippen LogP contribution in [0.4, 0.5) is 0 Å². The summed E-state index contributed by atoms with van der Waals surface area (Å²) in [6.07, 6.45) is 4.62. The zero-order valence-corrected chi connectivity index (χ0v) is 21.0. The molecule has 0 saturated heterocycles. The molecule has 178 valence electrons. The molecule has 4 nitrogen and oxygen atoms in total. The van der Waals surface area contributed by atoms with Crippen molar-refractivity contribution < 1.29 is 19.1 Å². The van der Waals surface area contributed by atoms with Gasteiger partial charge in [0.1, 0.15) is 0 Å². The molecule has 0 rings (SSSR count). The minimum Gasteiger partial charge on any atom is -0.449 e. The van der Waals surface area contributed by atoms with Crippen LogP contribution in [0.3, 0.4) is 0 Å². The fraction of sp³-hybridized carbons (Fsp3) is 0.643. The van der Waals surface area contributed by atoms with E-state index < -0.39 is 12.2 Å². The molecular formula is C28H42O4. The molecule has 32 heavy (non-hydrogen) atoms. The molecule has 0 aromatic carbocycles. The van der Waals surface area contributed by atoms with Crippen LogP contribution in [-0.4, -0.2) is 24.1 Å². The van der Waals surface area contributed by atoms with Crippen LogP contribution in [0.1, 0.15) is 92.9 Å². The van der Waals surface area contributed by atoms with Gasteiger partial charge in [-0.2, -0.15) is 0 Å². The minimum absolute atomic E-state index is 0.160. The fourth-order valence-corrected chi connectivity index (χ4v) is 3.12. The van der Waals surface area contributed by atoms with Gasteiger partial charge in [0.15, 0.2) is 12.2 Å². The highest BCUT2D eigenvalue weighted by Gasteiger charge is 2.20. The van der Waals surface area contributed by atoms with E-state index in [1.807, 2.05) is 27.7 Å². The molecule has 0 aliphatic heterocycles. The second kappa shape index (κ2) is 17.1. The summed E-state index contributed by atoms with van der Waals surface area (Å²) in [6.45, 7) is 19.5. The van der Waals surface area contributed by atoms with Crippen LogP contribution in [0.25, 0.3) is 0 Å². The van der Waals surface area contributed by atoms with Crippen molar-refractivity contribution in [2.45, 2.75) is 105 Å². The topological polar surface area (TPSA) is 52.6 Å². The number of allylic oxidation sites excluding steroid dienone is 2. The second-order valence-electron chi connectivity index (χ2n) is 8.66. The highest BCUT2D eigenvalue weighted by atomic mass is 16.5. The van der Waals surface area contributed by atoms with Gasteiger partial charge < -0.3 is 9.47 Å². The molecule has 0 spiro atoms. The Hall–Kier alpha value is -2.46. The summed E-state index contributed by atoms with van der Waals surface area (Å²) in [5, 5.41) is 0. The molecule has 0 aromatic rings. The first-order valence-corrected chi connectivity index (χ1v) is 11.8. The largest absolute Gasteiger partial charge is 0.449 e. The van der Waals surface area contributed by atoms with Crippen LogP contribution in [0, 0.1) is 35.5 Å². The quantitative estimate of drug-likeness (QED) is 0.188. The normalized spacial score (nSPS) is 13.8. The molecule has 4 unspecified atom stereocenters. The average molecular weight is 443 g/mol. The van der Waals surface area contributed by atoms with E-state index in [1.165, 1.54) is 0 Å². The van der Waals surface area contributed by atoms with E-state index in [2.05, 4.69) is 50.7 Å². The molecule has 0 fully saturated rings. The van der Waals surface area contributed by atoms with E-state index in [0.717, 1.165) is 36.8 Å². The van der Waals surface area contributed by atoms with Gasteiger partial charge in [0.25, 0.3) is 0 Å². The Morgan fingerprint density at radius 3 is 1.38 bits per heavy atom. The third-order valence-electron chi connectivity index (χ3n) is 4.91. The highest BCUT2D eigenvalue weighted by molar-refractivity contribution is 5.71. The predicted molar refractivity (Wildman–Crippen MR) is 132 cm³/mol. The number of hydrogen-bond acceptors (Lipinski definition) is 4. The second-order valence-corrected chi connectivity index (χ2v) is 8.66. The van der Waals surface area contributed by atoms with Crippen LogP contribution >= 0.6 is 0 Å². The summed E-state index contributed by atoms with van der Waals surface area (Å²) in [5.41, 5.74) is 1.49. The average Bonchev–Trinajstić information content (AvgIpc) is 2.71. The fourth-order valence-electron chi connectivity index (χ4n) is 3.12. The monoisotopic (exact) mass is 442 g/mol. The van der Waals surface area contributed by atoms with Gasteiger partial charge in [0, 0.05) is 24.7 Å². The van der Waals surface area contributed by atoms with Crippen LogP contribution in [0.5, 0.6) is 0 Å². The highest BCUT2D eigenvalue weighted by Crippen LogP contribution is 2.17. The Balaban J connectivity index is 4.61. The molecule has 0 radical (unpaired) electrons. The summed E-state index contributed by atoms with van der Waals surface area (Å²) in [5.74, 6) is 11.6. The van der Waals surface area contributed by atoms with E-state index in [1.54, 1.807) is 0 Å². The van der Waals surface area contributed by atoms with Crippen molar-refractivity contribution in [2.24, 2.45) is 11.8 Å². The summed E-state index contributed by atoms with van der Waals surface area (Å²) in [6, 6.07) is 0. The van der Waals surface area contributed by atoms with Crippen molar-refractivity contribution in [1.82, 2.24) is 0 Å². The lowest BCUT2D eigenvalue weighted by atomic mass is 9.99. The van der Waals surface area contributed by atoms with E-state index in [4.69, 9.17) is 9.47 Å². The third kappa shape index (κ3) is 14.5. The zero-order chi connectivity index (χ0) is 24.5. The maximum Gasteiger partial charge on any atom is 0.307 e. The summed E-state index contributed by atoms with van der Waals surface area (Å²) in [7, 11) is 0. The van der Waals surface area contributed by atoms with Crippen LogP contribution < -0.4 is 0 Å². The van der Waals surface area contributed by atoms with Crippen molar-refractivity contribution in [3.63, 3.8) is 0 Å². The first-order valence-electron chi connectivity index (χ1n) is 11.8. The van der Waals surface area contributed by atoms with Gasteiger partial charge in [-0.05, 0) is 50.7 Å². The lowest BCUT2D eigenvalue weighted by Gasteiger charge is -2.19.